The van der Waals surface area contributed by atoms with E-state index in [1.165, 1.54) is 18.3 Å². The summed E-state index contributed by atoms with van der Waals surface area (Å²) in [4.78, 5) is 37.1. The summed E-state index contributed by atoms with van der Waals surface area (Å²) in [5, 5.41) is 23.3. The molecule has 0 radical (unpaired) electrons. The normalized spacial score (nSPS) is 25.8. The number of ether oxygens (including phenoxy) is 2. The van der Waals surface area contributed by atoms with Gasteiger partial charge in [0, 0.05) is 11.6 Å². The molecule has 9 nitrogen and oxygen atoms in total. The van der Waals surface area contributed by atoms with Crippen LogP contribution in [0.3, 0.4) is 0 Å². The van der Waals surface area contributed by atoms with Crippen molar-refractivity contribution in [2.75, 3.05) is 13.7 Å². The quantitative estimate of drug-likeness (QED) is 0.0822. The third-order valence-corrected chi connectivity index (χ3v) is 12.6. The van der Waals surface area contributed by atoms with Crippen LogP contribution in [-0.4, -0.2) is 59.9 Å². The number of carbonyl (C=O) groups is 2. The number of hydrogen-bond acceptors (Lipinski definition) is 5. The average molecular weight is 820 g/mol. The molecule has 4 aliphatic rings. The van der Waals surface area contributed by atoms with Crippen LogP contribution in [0.4, 0.5) is 0 Å². The van der Waals surface area contributed by atoms with Crippen molar-refractivity contribution in [2.24, 2.45) is 29.6 Å². The molecule has 0 aromatic carbocycles. The monoisotopic (exact) mass is 819 g/mol. The molecule has 6 rings (SSSR count). The number of aliphatic hydroxyl groups is 1. The van der Waals surface area contributed by atoms with Gasteiger partial charge in [-0.1, -0.05) is 86.6 Å². The van der Waals surface area contributed by atoms with E-state index in [2.05, 4.69) is 53.2 Å². The van der Waals surface area contributed by atoms with E-state index in [-0.39, 0.29) is 71.5 Å². The minimum Gasteiger partial charge on any atom is -0.681 e. The van der Waals surface area contributed by atoms with Crippen molar-refractivity contribution in [3.05, 3.63) is 127 Å². The largest absolute Gasteiger partial charge is 2.00 e. The summed E-state index contributed by atoms with van der Waals surface area (Å²) in [5.74, 6) is -2.35. The van der Waals surface area contributed by atoms with Crippen molar-refractivity contribution >= 4 is 70.6 Å². The third-order valence-electron chi connectivity index (χ3n) is 12.6. The number of fused-ring (bicyclic) bond motifs is 8. The van der Waals surface area contributed by atoms with Crippen molar-refractivity contribution in [1.82, 2.24) is 9.97 Å². The van der Waals surface area contributed by atoms with Crippen LogP contribution in [0, 0.1) is 62.9 Å². The molecule has 0 spiro atoms. The number of methoxy groups -OCH3 is 1. The smallest absolute Gasteiger partial charge is 0.681 e. The Kier molecular flexibility index (Phi) is 15.4. The molecule has 60 heavy (non-hydrogen) atoms. The Bertz CT molecular complexity index is 2300. The first-order valence-corrected chi connectivity index (χ1v) is 20.9. The molecule has 6 atom stereocenters. The van der Waals surface area contributed by atoms with E-state index in [4.69, 9.17) is 36.7 Å². The maximum absolute atomic E-state index is 13.6. The molecular formula is C50H59MgN4O5-5. The summed E-state index contributed by atoms with van der Waals surface area (Å²) in [5.41, 5.74) is 11.3. The number of rotatable bonds is 15. The van der Waals surface area contributed by atoms with Crippen LogP contribution in [0.25, 0.3) is 46.3 Å². The molecule has 2 fully saturated rings. The van der Waals surface area contributed by atoms with Crippen molar-refractivity contribution in [3.63, 3.8) is 0 Å². The summed E-state index contributed by atoms with van der Waals surface area (Å²) in [6, 6.07) is -0.591. The molecule has 316 valence electrons. The second-order valence-corrected chi connectivity index (χ2v) is 16.7. The van der Waals surface area contributed by atoms with Crippen LogP contribution in [0.5, 0.6) is 0 Å². The van der Waals surface area contributed by atoms with E-state index in [0.29, 0.717) is 28.3 Å². The Morgan fingerprint density at radius 1 is 0.933 bits per heavy atom. The number of hydrogen-bond donors (Lipinski definition) is 1. The second-order valence-electron chi connectivity index (χ2n) is 16.7. The van der Waals surface area contributed by atoms with Gasteiger partial charge in [0.05, 0.1) is 7.11 Å². The molecule has 0 amide bonds. The first kappa shape index (κ1) is 46.5. The summed E-state index contributed by atoms with van der Waals surface area (Å²) >= 11 is 0. The summed E-state index contributed by atoms with van der Waals surface area (Å²) in [7, 11) is 1.32. The molecule has 5 heterocycles. The van der Waals surface area contributed by atoms with Gasteiger partial charge in [0.2, 0.25) is 0 Å². The fourth-order valence-electron chi connectivity index (χ4n) is 9.00. The Labute approximate surface area is 373 Å². The molecule has 3 aliphatic heterocycles. The minimum atomic E-state index is -1.08. The molecule has 1 aliphatic carbocycles. The van der Waals surface area contributed by atoms with Crippen molar-refractivity contribution in [3.8, 4) is 0 Å². The van der Waals surface area contributed by atoms with Crippen molar-refractivity contribution in [1.29, 1.82) is 0 Å². The minimum absolute atomic E-state index is 0. The molecule has 1 N–H and O–H groups in total. The molecule has 2 aromatic heterocycles. The van der Waals surface area contributed by atoms with E-state index in [9.17, 15) is 14.7 Å². The van der Waals surface area contributed by atoms with Crippen molar-refractivity contribution < 1.29 is 24.2 Å². The van der Waals surface area contributed by atoms with Gasteiger partial charge in [-0.3, -0.25) is 16.2 Å². The Hall–Kier alpha value is -4.54. The van der Waals surface area contributed by atoms with Crippen LogP contribution in [0.2, 0.25) is 0 Å². The zero-order chi connectivity index (χ0) is 42.7. The second kappa shape index (κ2) is 19.9. The maximum Gasteiger partial charge on any atom is 2.00 e. The zero-order valence-corrected chi connectivity index (χ0v) is 38.3. The number of aliphatic hydroxyl groups excluding tert-OH is 1. The van der Waals surface area contributed by atoms with Crippen LogP contribution < -0.4 is 20.5 Å². The van der Waals surface area contributed by atoms with Crippen LogP contribution >= 0.6 is 0 Å². The van der Waals surface area contributed by atoms with Gasteiger partial charge in [0.15, 0.2) is 0 Å². The van der Waals surface area contributed by atoms with E-state index in [0.717, 1.165) is 76.4 Å². The summed E-state index contributed by atoms with van der Waals surface area (Å²) < 4.78 is 11.0. The predicted molar refractivity (Wildman–Crippen MR) is 243 cm³/mol. The van der Waals surface area contributed by atoms with Gasteiger partial charge >= 0.3 is 35.0 Å². The molecule has 1 unspecified atom stereocenters. The number of allylic oxidation sites excluding steroid dienone is 7. The molecule has 10 heteroatoms. The van der Waals surface area contributed by atoms with Gasteiger partial charge < -0.3 is 41.6 Å². The van der Waals surface area contributed by atoms with Gasteiger partial charge in [-0.2, -0.15) is 41.2 Å². The van der Waals surface area contributed by atoms with Crippen LogP contribution in [0.1, 0.15) is 114 Å². The number of aromatic nitrogens is 2. The number of esters is 2. The Morgan fingerprint density at radius 3 is 2.30 bits per heavy atom. The Balaban J connectivity index is 0.00000683. The van der Waals surface area contributed by atoms with Gasteiger partial charge in [-0.15, -0.1) is 22.7 Å². The van der Waals surface area contributed by atoms with Crippen molar-refractivity contribution in [2.45, 2.75) is 100.0 Å². The molecule has 2 aromatic rings. The molecule has 2 saturated heterocycles. The van der Waals surface area contributed by atoms with Crippen LogP contribution in [0.15, 0.2) is 52.5 Å². The van der Waals surface area contributed by atoms with Crippen LogP contribution in [-0.2, 0) is 19.1 Å². The maximum atomic E-state index is 13.6. The summed E-state index contributed by atoms with van der Waals surface area (Å²) in [6.45, 7) is 26.8. The SMILES string of the molecule is [CH-]=Cc1c2[n-]c(c1C)/C=C1\[N-][C@@H](C3=c4[n-]c(c(C)c4=C(O)[C@@H]3C(=O)OC)/C=C3\[N-]/C(=C\2)[C@H](C)C3[CH-]C)[C@@H](CCC(=O)OC/C=C(\C)CC/C=C(\C)CC[CH-]C(=C)C)[C@@H]1C.[Mg+2]. The Morgan fingerprint density at radius 2 is 1.62 bits per heavy atom. The number of carbonyl (C=O) groups excluding carboxylic acids is 2. The topological polar surface area (TPSA) is 129 Å². The molecule has 0 saturated carbocycles. The van der Waals surface area contributed by atoms with Gasteiger partial charge in [-0.25, -0.2) is 30.3 Å². The standard InChI is InChI=1S/C50H59N4O5.Mg/c1-12-34-30(7)37-24-39-32(9)36(20-21-43(55)59-23-22-29(6)19-15-18-28(5)17-14-16-27(3)4)47(53-39)45-46(50(57)58-11)49(56)44-33(10)40(54-48(44)45)26-42-35(13-2)31(8)38(52-42)25-41(34)51-37;/h1,12-13,16,18,22,24-26,31-32,35-36,46-47,56H,3,14-15,17,19-21,23H2,2,4-11H3;/q-7;+2/b28-18+,29-22+,38-25-,39-24-,42-26-;/t31-,32+,35?,36+,46-,47-;/m1./s1. The van der Waals surface area contributed by atoms with Gasteiger partial charge in [0.25, 0.3) is 0 Å². The molecular weight excluding hydrogens is 761 g/mol. The van der Waals surface area contributed by atoms with Gasteiger partial charge in [-0.05, 0) is 64.4 Å². The zero-order valence-electron chi connectivity index (χ0n) is 36.9. The predicted octanol–water partition coefficient (Wildman–Crippen LogP) is 9.07. The molecule has 8 bridgehead atoms. The van der Waals surface area contributed by atoms with E-state index in [1.54, 1.807) is 6.08 Å². The third kappa shape index (κ3) is 9.50. The van der Waals surface area contributed by atoms with E-state index < -0.39 is 17.9 Å². The van der Waals surface area contributed by atoms with E-state index >= 15 is 0 Å². The van der Waals surface area contributed by atoms with E-state index in [1.807, 2.05) is 52.0 Å². The average Bonchev–Trinajstić information content (AvgIpc) is 3.94. The first-order chi connectivity index (χ1) is 28.2. The fraction of sp³-hybridized carbons (Fsp3) is 0.440. The first-order valence-electron chi connectivity index (χ1n) is 20.9. The fourth-order valence-corrected chi connectivity index (χ4v) is 9.00. The van der Waals surface area contributed by atoms with Gasteiger partial charge in [0.1, 0.15) is 18.3 Å². The number of nitrogens with zero attached hydrogens (tertiary/aromatic N) is 4. The summed E-state index contributed by atoms with van der Waals surface area (Å²) in [6.07, 6.45) is 20.6.